The highest BCUT2D eigenvalue weighted by Crippen LogP contribution is 2.51. The van der Waals surface area contributed by atoms with Gasteiger partial charge in [0.05, 0.1) is 0 Å². The molecule has 2 amide bonds. The summed E-state index contributed by atoms with van der Waals surface area (Å²) >= 11 is 0. The molecule has 0 spiro atoms. The van der Waals surface area contributed by atoms with Crippen molar-refractivity contribution in [3.63, 3.8) is 0 Å². The number of anilines is 1. The van der Waals surface area contributed by atoms with Crippen LogP contribution in [0.4, 0.5) is 18.9 Å². The van der Waals surface area contributed by atoms with Crippen molar-refractivity contribution < 1.29 is 22.8 Å². The summed E-state index contributed by atoms with van der Waals surface area (Å²) in [6, 6.07) is 22.8. The lowest BCUT2D eigenvalue weighted by Gasteiger charge is -2.33. The van der Waals surface area contributed by atoms with Gasteiger partial charge in [0, 0.05) is 44.5 Å². The number of unbranched alkanes of at least 4 members (excludes halogenated alkanes) is 1. The van der Waals surface area contributed by atoms with Crippen LogP contribution < -0.4 is 15.5 Å². The zero-order valence-electron chi connectivity index (χ0n) is 24.7. The molecular weight excluding hydrogens is 553 g/mol. The molecule has 3 aromatic rings. The lowest BCUT2D eigenvalue weighted by molar-refractivity contribution is -0.141. The second kappa shape index (κ2) is 12.8. The number of carbonyl (C=O) groups excluding carboxylic acids is 2. The van der Waals surface area contributed by atoms with Crippen LogP contribution in [0.3, 0.4) is 0 Å². The number of carbonyl (C=O) groups is 2. The van der Waals surface area contributed by atoms with Crippen LogP contribution >= 0.6 is 0 Å². The Morgan fingerprint density at radius 1 is 0.907 bits per heavy atom. The molecule has 1 saturated heterocycles. The van der Waals surface area contributed by atoms with E-state index in [4.69, 9.17) is 0 Å². The van der Waals surface area contributed by atoms with Gasteiger partial charge in [-0.05, 0) is 72.7 Å². The van der Waals surface area contributed by atoms with Crippen molar-refractivity contribution in [2.24, 2.45) is 0 Å². The standard InChI is InChI=1S/C34H39F3N4O2/c1-40(2)26-11-9-10-24(22-26)31(42)39-25-16-20-41(21-17-25)19-8-7-18-33(32(43)38-23-34(35,36)37)29-14-5-3-12-27(29)28-13-4-6-15-30(28)33/h3-6,9-15,22,25H,7-8,16-21,23H2,1-2H3,(H,38,43)(H,39,42). The van der Waals surface area contributed by atoms with Crippen LogP contribution in [0.2, 0.25) is 0 Å². The van der Waals surface area contributed by atoms with Crippen molar-refractivity contribution in [1.29, 1.82) is 0 Å². The number of hydrogen-bond donors (Lipinski definition) is 2. The van der Waals surface area contributed by atoms with Crippen LogP contribution in [0.5, 0.6) is 0 Å². The van der Waals surface area contributed by atoms with E-state index in [1.807, 2.05) is 91.8 Å². The van der Waals surface area contributed by atoms with E-state index in [9.17, 15) is 22.8 Å². The molecule has 6 nitrogen and oxygen atoms in total. The number of nitrogens with zero attached hydrogens (tertiary/aromatic N) is 2. The van der Waals surface area contributed by atoms with Gasteiger partial charge in [0.1, 0.15) is 12.0 Å². The monoisotopic (exact) mass is 592 g/mol. The van der Waals surface area contributed by atoms with Gasteiger partial charge in [-0.15, -0.1) is 0 Å². The Morgan fingerprint density at radius 3 is 2.14 bits per heavy atom. The fourth-order valence-corrected chi connectivity index (χ4v) is 6.50. The number of alkyl halides is 3. The minimum atomic E-state index is -4.49. The van der Waals surface area contributed by atoms with E-state index in [1.54, 1.807) is 0 Å². The number of rotatable bonds is 10. The molecule has 0 saturated carbocycles. The van der Waals surface area contributed by atoms with Gasteiger partial charge >= 0.3 is 6.18 Å². The number of hydrogen-bond acceptors (Lipinski definition) is 4. The summed E-state index contributed by atoms with van der Waals surface area (Å²) in [4.78, 5) is 30.8. The molecule has 1 aliphatic heterocycles. The fourth-order valence-electron chi connectivity index (χ4n) is 6.50. The molecule has 0 radical (unpaired) electrons. The van der Waals surface area contributed by atoms with Crippen molar-refractivity contribution in [3.8, 4) is 11.1 Å². The molecule has 1 aliphatic carbocycles. The van der Waals surface area contributed by atoms with Gasteiger partial charge in [0.15, 0.2) is 0 Å². The van der Waals surface area contributed by atoms with Crippen molar-refractivity contribution >= 4 is 17.5 Å². The van der Waals surface area contributed by atoms with Gasteiger partial charge in [-0.2, -0.15) is 13.2 Å². The summed E-state index contributed by atoms with van der Waals surface area (Å²) in [5.41, 5.74) is 3.80. The van der Waals surface area contributed by atoms with E-state index < -0.39 is 24.0 Å². The molecule has 0 atom stereocenters. The van der Waals surface area contributed by atoms with Crippen LogP contribution in [0.1, 0.15) is 53.6 Å². The number of fused-ring (bicyclic) bond motifs is 3. The predicted molar refractivity (Wildman–Crippen MR) is 163 cm³/mol. The quantitative estimate of drug-likeness (QED) is 0.294. The average Bonchev–Trinajstić information content (AvgIpc) is 3.29. The molecule has 9 heteroatoms. The number of likely N-dealkylation sites (tertiary alicyclic amines) is 1. The minimum Gasteiger partial charge on any atom is -0.378 e. The topological polar surface area (TPSA) is 64.7 Å². The molecule has 228 valence electrons. The first-order valence-corrected chi connectivity index (χ1v) is 14.9. The fraction of sp³-hybridized carbons (Fsp3) is 0.412. The summed E-state index contributed by atoms with van der Waals surface area (Å²) in [5, 5.41) is 5.38. The van der Waals surface area contributed by atoms with E-state index in [0.717, 1.165) is 66.8 Å². The predicted octanol–water partition coefficient (Wildman–Crippen LogP) is 5.76. The molecule has 2 N–H and O–H groups in total. The summed E-state index contributed by atoms with van der Waals surface area (Å²) in [6.07, 6.45) is -0.874. The molecule has 1 heterocycles. The highest BCUT2D eigenvalue weighted by molar-refractivity contribution is 6.00. The highest BCUT2D eigenvalue weighted by atomic mass is 19.4. The Labute approximate surface area is 251 Å². The first kappa shape index (κ1) is 30.6. The van der Waals surface area contributed by atoms with E-state index in [-0.39, 0.29) is 11.9 Å². The number of piperidine rings is 1. The molecule has 0 unspecified atom stereocenters. The third-order valence-corrected chi connectivity index (χ3v) is 8.72. The largest absolute Gasteiger partial charge is 0.405 e. The molecular formula is C34H39F3N4O2. The van der Waals surface area contributed by atoms with Crippen molar-refractivity contribution in [2.75, 3.05) is 45.2 Å². The Kier molecular flexibility index (Phi) is 9.11. The summed E-state index contributed by atoms with van der Waals surface area (Å²) in [5.74, 6) is -0.664. The zero-order valence-corrected chi connectivity index (χ0v) is 24.7. The lowest BCUT2D eigenvalue weighted by atomic mass is 9.73. The highest BCUT2D eigenvalue weighted by Gasteiger charge is 2.49. The number of nitrogens with one attached hydrogen (secondary N) is 2. The Bertz CT molecular complexity index is 1400. The number of amides is 2. The minimum absolute atomic E-state index is 0.0617. The number of halogens is 3. The molecule has 3 aromatic carbocycles. The molecule has 1 fully saturated rings. The van der Waals surface area contributed by atoms with Crippen molar-refractivity contribution in [1.82, 2.24) is 15.5 Å². The zero-order chi connectivity index (χ0) is 30.6. The molecule has 0 aromatic heterocycles. The maximum atomic E-state index is 13.7. The van der Waals surface area contributed by atoms with E-state index in [2.05, 4.69) is 15.5 Å². The van der Waals surface area contributed by atoms with Crippen LogP contribution in [-0.4, -0.2) is 69.2 Å². The van der Waals surface area contributed by atoms with Crippen molar-refractivity contribution in [3.05, 3.63) is 89.5 Å². The van der Waals surface area contributed by atoms with Gasteiger partial charge in [0.25, 0.3) is 5.91 Å². The van der Waals surface area contributed by atoms with Gasteiger partial charge in [-0.1, -0.05) is 61.0 Å². The lowest BCUT2D eigenvalue weighted by Crippen LogP contribution is -2.47. The third kappa shape index (κ3) is 6.72. The van der Waals surface area contributed by atoms with Crippen molar-refractivity contribution in [2.45, 2.75) is 49.7 Å². The first-order valence-electron chi connectivity index (χ1n) is 14.9. The molecule has 0 bridgehead atoms. The maximum Gasteiger partial charge on any atom is 0.405 e. The van der Waals surface area contributed by atoms with Gasteiger partial charge in [0.2, 0.25) is 5.91 Å². The Morgan fingerprint density at radius 2 is 1.53 bits per heavy atom. The average molecular weight is 593 g/mol. The van der Waals surface area contributed by atoms with E-state index in [1.165, 1.54) is 0 Å². The van der Waals surface area contributed by atoms with Gasteiger partial charge < -0.3 is 20.4 Å². The number of benzene rings is 3. The normalized spacial score (nSPS) is 16.3. The second-order valence-electron chi connectivity index (χ2n) is 11.8. The van der Waals surface area contributed by atoms with E-state index >= 15 is 0 Å². The summed E-state index contributed by atoms with van der Waals surface area (Å²) < 4.78 is 39.3. The second-order valence-corrected chi connectivity index (χ2v) is 11.8. The Balaban J connectivity index is 1.19. The molecule has 43 heavy (non-hydrogen) atoms. The first-order chi connectivity index (χ1) is 20.6. The van der Waals surface area contributed by atoms with Crippen LogP contribution in [0, 0.1) is 0 Å². The summed E-state index contributed by atoms with van der Waals surface area (Å²) in [6.45, 7) is 1.18. The molecule has 5 rings (SSSR count). The SMILES string of the molecule is CN(C)c1cccc(C(=O)NC2CCN(CCCCC3(C(=O)NCC(F)(F)F)c4ccccc4-c4ccccc43)CC2)c1. The van der Waals surface area contributed by atoms with E-state index in [0.29, 0.717) is 18.4 Å². The van der Waals surface area contributed by atoms with Crippen LogP contribution in [-0.2, 0) is 10.2 Å². The van der Waals surface area contributed by atoms with Gasteiger partial charge in [-0.25, -0.2) is 0 Å². The Hall–Kier alpha value is -3.85. The van der Waals surface area contributed by atoms with Crippen LogP contribution in [0.25, 0.3) is 11.1 Å². The maximum absolute atomic E-state index is 13.7. The van der Waals surface area contributed by atoms with Crippen LogP contribution in [0.15, 0.2) is 72.8 Å². The van der Waals surface area contributed by atoms with Gasteiger partial charge in [-0.3, -0.25) is 9.59 Å². The smallest absolute Gasteiger partial charge is 0.378 e. The molecule has 2 aliphatic rings. The third-order valence-electron chi connectivity index (χ3n) is 8.72. The summed E-state index contributed by atoms with van der Waals surface area (Å²) in [7, 11) is 3.89.